The molecule has 0 heterocycles. The number of carbonyl (C=O) groups excluding carboxylic acids is 2. The number of carboxylic acid groups (broad SMARTS) is 1. The van der Waals surface area contributed by atoms with E-state index in [1.165, 1.54) is 0 Å². The average Bonchev–Trinajstić information content (AvgIpc) is 3.09. The van der Waals surface area contributed by atoms with Crippen molar-refractivity contribution in [2.75, 3.05) is 6.61 Å². The molecule has 176 valence electrons. The van der Waals surface area contributed by atoms with Crippen LogP contribution < -0.4 is 10.6 Å². The maximum Gasteiger partial charge on any atom is 0.407 e. The van der Waals surface area contributed by atoms with Gasteiger partial charge >= 0.3 is 12.1 Å². The Balaban J connectivity index is 1.64. The highest BCUT2D eigenvalue weighted by molar-refractivity contribution is 5.86. The van der Waals surface area contributed by atoms with Crippen molar-refractivity contribution in [3.8, 4) is 11.1 Å². The standard InChI is InChI=1S/C26H32N2O5/c1-4-9-17(14-23(29)30)27-25(31)24(16(2)3)28-26(32)33-15-22-20-12-7-5-10-18(20)19-11-6-8-13-21(19)22/h5-8,10-13,16-17,22,24H,4,9,14-15H2,1-3H3,(H,27,31)(H,28,32)(H,29,30)/t17-,24-/m1/s1. The van der Waals surface area contributed by atoms with Crippen molar-refractivity contribution >= 4 is 18.0 Å². The number of hydrogen-bond donors (Lipinski definition) is 3. The lowest BCUT2D eigenvalue weighted by atomic mass is 9.98. The summed E-state index contributed by atoms with van der Waals surface area (Å²) in [4.78, 5) is 36.5. The topological polar surface area (TPSA) is 105 Å². The Morgan fingerprint density at radius 2 is 1.55 bits per heavy atom. The van der Waals surface area contributed by atoms with Crippen LogP contribution in [0.4, 0.5) is 4.79 Å². The second-order valence-corrected chi connectivity index (χ2v) is 8.78. The number of nitrogens with one attached hydrogen (secondary N) is 2. The molecule has 2 amide bonds. The van der Waals surface area contributed by atoms with Gasteiger partial charge in [0.1, 0.15) is 12.6 Å². The molecular weight excluding hydrogens is 420 g/mol. The number of benzene rings is 2. The predicted molar refractivity (Wildman–Crippen MR) is 126 cm³/mol. The van der Waals surface area contributed by atoms with Crippen LogP contribution in [0.1, 0.15) is 57.1 Å². The summed E-state index contributed by atoms with van der Waals surface area (Å²) in [5.74, 6) is -1.64. The van der Waals surface area contributed by atoms with Gasteiger partial charge in [0.2, 0.25) is 5.91 Å². The second-order valence-electron chi connectivity index (χ2n) is 8.78. The third kappa shape index (κ3) is 5.92. The fourth-order valence-electron chi connectivity index (χ4n) is 4.38. The van der Waals surface area contributed by atoms with Gasteiger partial charge in [-0.3, -0.25) is 9.59 Å². The molecule has 33 heavy (non-hydrogen) atoms. The van der Waals surface area contributed by atoms with E-state index < -0.39 is 30.1 Å². The zero-order valence-electron chi connectivity index (χ0n) is 19.3. The Hall–Kier alpha value is -3.35. The summed E-state index contributed by atoms with van der Waals surface area (Å²) in [5.41, 5.74) is 4.50. The normalized spacial score (nSPS) is 14.2. The van der Waals surface area contributed by atoms with Crippen molar-refractivity contribution in [2.45, 2.75) is 58.0 Å². The van der Waals surface area contributed by atoms with E-state index in [9.17, 15) is 14.4 Å². The smallest absolute Gasteiger partial charge is 0.407 e. The molecule has 0 bridgehead atoms. The minimum atomic E-state index is -0.973. The van der Waals surface area contributed by atoms with Crippen LogP contribution >= 0.6 is 0 Å². The van der Waals surface area contributed by atoms with Crippen molar-refractivity contribution < 1.29 is 24.2 Å². The lowest BCUT2D eigenvalue weighted by molar-refractivity contribution is -0.137. The summed E-state index contributed by atoms with van der Waals surface area (Å²) in [6.07, 6.45) is 0.462. The first-order valence-electron chi connectivity index (χ1n) is 11.5. The van der Waals surface area contributed by atoms with E-state index in [2.05, 4.69) is 22.8 Å². The molecule has 0 saturated heterocycles. The van der Waals surface area contributed by atoms with Crippen LogP contribution in [0.5, 0.6) is 0 Å². The molecule has 0 unspecified atom stereocenters. The van der Waals surface area contributed by atoms with Crippen LogP contribution in [0, 0.1) is 5.92 Å². The minimum absolute atomic E-state index is 0.0704. The largest absolute Gasteiger partial charge is 0.481 e. The monoisotopic (exact) mass is 452 g/mol. The number of fused-ring (bicyclic) bond motifs is 3. The molecule has 2 aromatic rings. The number of aliphatic carboxylic acids is 1. The molecule has 2 atom stereocenters. The van der Waals surface area contributed by atoms with Gasteiger partial charge in [0.25, 0.3) is 0 Å². The number of carbonyl (C=O) groups is 3. The van der Waals surface area contributed by atoms with Crippen molar-refractivity contribution in [3.63, 3.8) is 0 Å². The van der Waals surface area contributed by atoms with Gasteiger partial charge in [0, 0.05) is 12.0 Å². The summed E-state index contributed by atoms with van der Waals surface area (Å²) >= 11 is 0. The van der Waals surface area contributed by atoms with E-state index in [0.717, 1.165) is 28.7 Å². The quantitative estimate of drug-likeness (QED) is 0.498. The van der Waals surface area contributed by atoms with E-state index >= 15 is 0 Å². The van der Waals surface area contributed by atoms with Gasteiger partial charge in [-0.25, -0.2) is 4.79 Å². The van der Waals surface area contributed by atoms with Crippen molar-refractivity contribution in [3.05, 3.63) is 59.7 Å². The second kappa shape index (κ2) is 11.0. The first-order chi connectivity index (χ1) is 15.8. The maximum atomic E-state index is 12.8. The summed E-state index contributed by atoms with van der Waals surface area (Å²) in [6.45, 7) is 5.72. The van der Waals surface area contributed by atoms with Gasteiger partial charge in [-0.15, -0.1) is 0 Å². The molecule has 0 fully saturated rings. The van der Waals surface area contributed by atoms with E-state index in [0.29, 0.717) is 6.42 Å². The van der Waals surface area contributed by atoms with Crippen LogP contribution in [0.2, 0.25) is 0 Å². The van der Waals surface area contributed by atoms with Crippen LogP contribution in [-0.4, -0.2) is 41.8 Å². The summed E-state index contributed by atoms with van der Waals surface area (Å²) < 4.78 is 5.56. The van der Waals surface area contributed by atoms with Gasteiger partial charge < -0.3 is 20.5 Å². The molecule has 1 aliphatic rings. The number of hydrogen-bond acceptors (Lipinski definition) is 4. The van der Waals surface area contributed by atoms with E-state index in [4.69, 9.17) is 9.84 Å². The molecule has 2 aromatic carbocycles. The third-order valence-electron chi connectivity index (χ3n) is 5.97. The highest BCUT2D eigenvalue weighted by Crippen LogP contribution is 2.44. The van der Waals surface area contributed by atoms with Crippen molar-refractivity contribution in [1.29, 1.82) is 0 Å². The Morgan fingerprint density at radius 3 is 2.06 bits per heavy atom. The number of carboxylic acids is 1. The number of alkyl carbamates (subject to hydrolysis) is 1. The third-order valence-corrected chi connectivity index (χ3v) is 5.97. The Labute approximate surface area is 194 Å². The van der Waals surface area contributed by atoms with Gasteiger partial charge in [-0.1, -0.05) is 75.7 Å². The number of ether oxygens (including phenoxy) is 1. The summed E-state index contributed by atoms with van der Waals surface area (Å²) in [7, 11) is 0. The highest BCUT2D eigenvalue weighted by atomic mass is 16.5. The molecule has 0 saturated carbocycles. The average molecular weight is 453 g/mol. The molecule has 0 aliphatic heterocycles. The number of rotatable bonds is 10. The Kier molecular flexibility index (Phi) is 8.09. The van der Waals surface area contributed by atoms with E-state index in [-0.39, 0.29) is 24.9 Å². The fraction of sp³-hybridized carbons (Fsp3) is 0.423. The van der Waals surface area contributed by atoms with Crippen molar-refractivity contribution in [1.82, 2.24) is 10.6 Å². The van der Waals surface area contributed by atoms with Crippen LogP contribution in [-0.2, 0) is 14.3 Å². The molecule has 7 nitrogen and oxygen atoms in total. The molecule has 0 spiro atoms. The Bertz CT molecular complexity index is 958. The SMILES string of the molecule is CCC[C@H](CC(=O)O)NC(=O)[C@H](NC(=O)OCC1c2ccccc2-c2ccccc21)C(C)C. The van der Waals surface area contributed by atoms with Gasteiger partial charge in [-0.05, 0) is 34.6 Å². The molecular formula is C26H32N2O5. The lowest BCUT2D eigenvalue weighted by Crippen LogP contribution is -2.52. The van der Waals surface area contributed by atoms with E-state index in [1.54, 1.807) is 0 Å². The Morgan fingerprint density at radius 1 is 0.970 bits per heavy atom. The van der Waals surface area contributed by atoms with Crippen LogP contribution in [0.3, 0.4) is 0 Å². The fourth-order valence-corrected chi connectivity index (χ4v) is 4.38. The predicted octanol–water partition coefficient (Wildman–Crippen LogP) is 4.31. The highest BCUT2D eigenvalue weighted by Gasteiger charge is 2.31. The molecule has 3 rings (SSSR count). The zero-order valence-corrected chi connectivity index (χ0v) is 19.3. The molecule has 0 aromatic heterocycles. The first-order valence-corrected chi connectivity index (χ1v) is 11.5. The van der Waals surface area contributed by atoms with Crippen molar-refractivity contribution in [2.24, 2.45) is 5.92 Å². The molecule has 7 heteroatoms. The summed E-state index contributed by atoms with van der Waals surface area (Å²) in [5, 5.41) is 14.5. The zero-order chi connectivity index (χ0) is 24.0. The molecule has 1 aliphatic carbocycles. The van der Waals surface area contributed by atoms with E-state index in [1.807, 2.05) is 57.2 Å². The van der Waals surface area contributed by atoms with Gasteiger partial charge in [0.05, 0.1) is 6.42 Å². The number of amides is 2. The van der Waals surface area contributed by atoms with Crippen LogP contribution in [0.25, 0.3) is 11.1 Å². The summed E-state index contributed by atoms with van der Waals surface area (Å²) in [6, 6.07) is 14.8. The maximum absolute atomic E-state index is 12.8. The lowest BCUT2D eigenvalue weighted by Gasteiger charge is -2.25. The van der Waals surface area contributed by atoms with Gasteiger partial charge in [0.15, 0.2) is 0 Å². The van der Waals surface area contributed by atoms with Gasteiger partial charge in [-0.2, -0.15) is 0 Å². The molecule has 3 N–H and O–H groups in total. The molecule has 0 radical (unpaired) electrons. The first kappa shape index (κ1) is 24.3. The minimum Gasteiger partial charge on any atom is -0.481 e. The van der Waals surface area contributed by atoms with Crippen LogP contribution in [0.15, 0.2) is 48.5 Å².